The molecular weight excluding hydrogens is 262 g/mol. The first-order chi connectivity index (χ1) is 10.3. The first kappa shape index (κ1) is 12.5. The number of amides is 1. The number of hydrogen-bond donors (Lipinski definition) is 1. The van der Waals surface area contributed by atoms with E-state index in [1.807, 2.05) is 30.3 Å². The topological polar surface area (TPSA) is 38.3 Å². The van der Waals surface area contributed by atoms with Gasteiger partial charge in [0, 0.05) is 18.0 Å². The molecule has 2 aliphatic rings. The Hall–Kier alpha value is -2.29. The summed E-state index contributed by atoms with van der Waals surface area (Å²) in [4.78, 5) is 12.4. The summed E-state index contributed by atoms with van der Waals surface area (Å²) in [6.45, 7) is 0.741. The number of ether oxygens (including phenoxy) is 1. The van der Waals surface area contributed by atoms with Crippen LogP contribution in [0.2, 0.25) is 0 Å². The zero-order valence-electron chi connectivity index (χ0n) is 11.8. The monoisotopic (exact) mass is 279 g/mol. The molecule has 3 nitrogen and oxygen atoms in total. The van der Waals surface area contributed by atoms with Crippen LogP contribution in [0, 0.1) is 5.92 Å². The third-order valence-electron chi connectivity index (χ3n) is 4.38. The van der Waals surface area contributed by atoms with Crippen LogP contribution in [0.5, 0.6) is 5.75 Å². The molecule has 1 amide bonds. The zero-order chi connectivity index (χ0) is 14.2. The van der Waals surface area contributed by atoms with Crippen molar-refractivity contribution in [3.05, 3.63) is 59.2 Å². The lowest BCUT2D eigenvalue weighted by atomic mass is 10.1. The Morgan fingerprint density at radius 3 is 2.57 bits per heavy atom. The Labute approximate surface area is 123 Å². The molecule has 0 radical (unpaired) electrons. The van der Waals surface area contributed by atoms with Crippen molar-refractivity contribution in [1.82, 2.24) is 0 Å². The second-order valence-electron chi connectivity index (χ2n) is 5.78. The molecule has 0 saturated heterocycles. The van der Waals surface area contributed by atoms with Crippen LogP contribution in [-0.4, -0.2) is 12.5 Å². The van der Waals surface area contributed by atoms with E-state index in [4.69, 9.17) is 4.74 Å². The zero-order valence-corrected chi connectivity index (χ0v) is 11.8. The summed E-state index contributed by atoms with van der Waals surface area (Å²) in [5.41, 5.74) is 4.67. The van der Waals surface area contributed by atoms with E-state index in [0.29, 0.717) is 0 Å². The van der Waals surface area contributed by atoms with Crippen LogP contribution in [0.25, 0.3) is 0 Å². The molecule has 1 aliphatic heterocycles. The Bertz CT molecular complexity index is 683. The fourth-order valence-corrected chi connectivity index (χ4v) is 3.25. The Kier molecular flexibility index (Phi) is 2.92. The minimum atomic E-state index is 0.0481. The van der Waals surface area contributed by atoms with Crippen molar-refractivity contribution >= 4 is 11.6 Å². The molecule has 1 aliphatic carbocycles. The van der Waals surface area contributed by atoms with E-state index < -0.39 is 0 Å². The second kappa shape index (κ2) is 4.92. The molecule has 0 saturated carbocycles. The highest BCUT2D eigenvalue weighted by atomic mass is 16.5. The third-order valence-corrected chi connectivity index (χ3v) is 4.38. The summed E-state index contributed by atoms with van der Waals surface area (Å²) in [6, 6.07) is 14.2. The van der Waals surface area contributed by atoms with Gasteiger partial charge in [0.25, 0.3) is 0 Å². The molecule has 106 valence electrons. The molecular formula is C18H17NO2. The predicted molar refractivity (Wildman–Crippen MR) is 81.6 cm³/mol. The van der Waals surface area contributed by atoms with Gasteiger partial charge in [-0.05, 0) is 47.7 Å². The maximum absolute atomic E-state index is 12.4. The van der Waals surface area contributed by atoms with E-state index in [1.165, 1.54) is 16.7 Å². The summed E-state index contributed by atoms with van der Waals surface area (Å²) in [7, 11) is 0. The number of benzene rings is 2. The van der Waals surface area contributed by atoms with Crippen molar-refractivity contribution in [2.24, 2.45) is 5.92 Å². The molecule has 4 rings (SSSR count). The lowest BCUT2D eigenvalue weighted by molar-refractivity contribution is -0.119. The van der Waals surface area contributed by atoms with Gasteiger partial charge in [-0.3, -0.25) is 4.79 Å². The number of nitrogens with one attached hydrogen (secondary N) is 1. The molecule has 0 aromatic heterocycles. The molecule has 21 heavy (non-hydrogen) atoms. The van der Waals surface area contributed by atoms with E-state index in [1.54, 1.807) is 0 Å². The normalized spacial score (nSPS) is 16.2. The molecule has 0 bridgehead atoms. The molecule has 0 atom stereocenters. The van der Waals surface area contributed by atoms with Crippen molar-refractivity contribution in [2.45, 2.75) is 19.3 Å². The van der Waals surface area contributed by atoms with Crippen molar-refractivity contribution in [1.29, 1.82) is 0 Å². The van der Waals surface area contributed by atoms with E-state index in [0.717, 1.165) is 37.3 Å². The van der Waals surface area contributed by atoms with E-state index >= 15 is 0 Å². The standard InChI is InChI=1S/C18H17NO2/c20-18(15-9-12-3-1-2-4-13(12)10-15)19-16-5-6-17-14(11-16)7-8-21-17/h1-6,11,15H,7-10H2,(H,19,20). The Morgan fingerprint density at radius 1 is 1.05 bits per heavy atom. The average molecular weight is 279 g/mol. The van der Waals surface area contributed by atoms with Gasteiger partial charge in [-0.2, -0.15) is 0 Å². The summed E-state index contributed by atoms with van der Waals surface area (Å²) in [6.07, 6.45) is 2.61. The smallest absolute Gasteiger partial charge is 0.228 e. The van der Waals surface area contributed by atoms with Crippen LogP contribution in [0.1, 0.15) is 16.7 Å². The van der Waals surface area contributed by atoms with Crippen LogP contribution < -0.4 is 10.1 Å². The maximum atomic E-state index is 12.4. The first-order valence-electron chi connectivity index (χ1n) is 7.43. The van der Waals surface area contributed by atoms with Crippen LogP contribution in [-0.2, 0) is 24.1 Å². The van der Waals surface area contributed by atoms with Crippen molar-refractivity contribution in [2.75, 3.05) is 11.9 Å². The van der Waals surface area contributed by atoms with E-state index in [2.05, 4.69) is 17.4 Å². The molecule has 0 spiro atoms. The fraction of sp³-hybridized carbons (Fsp3) is 0.278. The molecule has 0 fully saturated rings. The minimum Gasteiger partial charge on any atom is -0.493 e. The van der Waals surface area contributed by atoms with Crippen LogP contribution >= 0.6 is 0 Å². The van der Waals surface area contributed by atoms with Crippen LogP contribution in [0.3, 0.4) is 0 Å². The van der Waals surface area contributed by atoms with Gasteiger partial charge in [0.15, 0.2) is 0 Å². The molecule has 1 heterocycles. The van der Waals surface area contributed by atoms with E-state index in [-0.39, 0.29) is 11.8 Å². The van der Waals surface area contributed by atoms with Gasteiger partial charge in [-0.15, -0.1) is 0 Å². The Balaban J connectivity index is 1.47. The summed E-state index contributed by atoms with van der Waals surface area (Å²) >= 11 is 0. The highest BCUT2D eigenvalue weighted by Gasteiger charge is 2.27. The largest absolute Gasteiger partial charge is 0.493 e. The Morgan fingerprint density at radius 2 is 1.81 bits per heavy atom. The van der Waals surface area contributed by atoms with Crippen molar-refractivity contribution in [3.63, 3.8) is 0 Å². The molecule has 2 aromatic carbocycles. The predicted octanol–water partition coefficient (Wildman–Crippen LogP) is 2.98. The van der Waals surface area contributed by atoms with Crippen molar-refractivity contribution in [3.8, 4) is 5.75 Å². The number of hydrogen-bond acceptors (Lipinski definition) is 2. The van der Waals surface area contributed by atoms with Crippen LogP contribution in [0.4, 0.5) is 5.69 Å². The van der Waals surface area contributed by atoms with Gasteiger partial charge < -0.3 is 10.1 Å². The quantitative estimate of drug-likeness (QED) is 0.917. The minimum absolute atomic E-state index is 0.0481. The molecule has 1 N–H and O–H groups in total. The molecule has 2 aromatic rings. The van der Waals surface area contributed by atoms with Crippen molar-refractivity contribution < 1.29 is 9.53 Å². The van der Waals surface area contributed by atoms with Gasteiger partial charge in [0.1, 0.15) is 5.75 Å². The molecule has 0 unspecified atom stereocenters. The summed E-state index contributed by atoms with van der Waals surface area (Å²) in [5, 5.41) is 3.05. The van der Waals surface area contributed by atoms with Gasteiger partial charge in [-0.25, -0.2) is 0 Å². The number of rotatable bonds is 2. The lowest BCUT2D eigenvalue weighted by Gasteiger charge is -2.11. The third kappa shape index (κ3) is 2.29. The highest BCUT2D eigenvalue weighted by Crippen LogP contribution is 2.30. The fourth-order valence-electron chi connectivity index (χ4n) is 3.25. The van der Waals surface area contributed by atoms with Gasteiger partial charge in [-0.1, -0.05) is 24.3 Å². The first-order valence-corrected chi connectivity index (χ1v) is 7.43. The van der Waals surface area contributed by atoms with Gasteiger partial charge >= 0.3 is 0 Å². The molecule has 3 heteroatoms. The second-order valence-corrected chi connectivity index (χ2v) is 5.78. The summed E-state index contributed by atoms with van der Waals surface area (Å²) in [5.74, 6) is 1.11. The summed E-state index contributed by atoms with van der Waals surface area (Å²) < 4.78 is 5.49. The highest BCUT2D eigenvalue weighted by molar-refractivity contribution is 5.93. The number of anilines is 1. The number of fused-ring (bicyclic) bond motifs is 2. The van der Waals surface area contributed by atoms with Gasteiger partial charge in [0.2, 0.25) is 5.91 Å². The number of carbonyl (C=O) groups is 1. The lowest BCUT2D eigenvalue weighted by Crippen LogP contribution is -2.23. The maximum Gasteiger partial charge on any atom is 0.228 e. The SMILES string of the molecule is O=C(Nc1ccc2c(c1)CCO2)C1Cc2ccccc2C1. The van der Waals surface area contributed by atoms with Gasteiger partial charge in [0.05, 0.1) is 6.61 Å². The number of carbonyl (C=O) groups excluding carboxylic acids is 1. The average Bonchev–Trinajstić information content (AvgIpc) is 3.13. The van der Waals surface area contributed by atoms with E-state index in [9.17, 15) is 4.79 Å². The van der Waals surface area contributed by atoms with Crippen LogP contribution in [0.15, 0.2) is 42.5 Å².